The molecule has 1 spiro atoms. The summed E-state index contributed by atoms with van der Waals surface area (Å²) in [6.07, 6.45) is -2.65. The highest BCUT2D eigenvalue weighted by atomic mass is 35.5. The third-order valence-corrected chi connectivity index (χ3v) is 5.56. The maximum Gasteiger partial charge on any atom is 0.174 e. The van der Waals surface area contributed by atoms with E-state index in [2.05, 4.69) is 0 Å². The lowest BCUT2D eigenvalue weighted by atomic mass is 9.52. The molecule has 1 saturated heterocycles. The average Bonchev–Trinajstić information content (AvgIpc) is 2.94. The Morgan fingerprint density at radius 2 is 2.41 bits per heavy atom. The van der Waals surface area contributed by atoms with Gasteiger partial charge in [-0.3, -0.25) is 4.79 Å². The molecule has 0 aromatic heterocycles. The molecule has 2 aliphatic heterocycles. The van der Waals surface area contributed by atoms with Crippen LogP contribution in [0.2, 0.25) is 0 Å². The molecular weight excluding hydrogens is 302 g/mol. The Bertz CT molecular complexity index is 877. The zero-order chi connectivity index (χ0) is 19.5. The number of ether oxygens (including phenoxy) is 1. The van der Waals surface area contributed by atoms with Crippen LogP contribution in [0.5, 0.6) is 11.5 Å². The van der Waals surface area contributed by atoms with Crippen molar-refractivity contribution in [2.24, 2.45) is 5.92 Å². The first-order valence-corrected chi connectivity index (χ1v) is 7.28. The van der Waals surface area contributed by atoms with Gasteiger partial charge < -0.3 is 14.7 Å². The van der Waals surface area contributed by atoms with Gasteiger partial charge in [0.2, 0.25) is 0 Å². The lowest BCUT2D eigenvalue weighted by Crippen LogP contribution is -2.65. The first kappa shape index (κ1) is 9.14. The van der Waals surface area contributed by atoms with Gasteiger partial charge in [-0.15, -0.1) is 12.4 Å². The molecule has 5 rings (SSSR count). The second-order valence-electron chi connectivity index (χ2n) is 6.38. The number of carbonyl (C=O) groups excluding carboxylic acids is 1. The number of Topliss-reactive ketones (excluding diaryl/α,β-unsaturated/α-hetero) is 1. The number of piperidine rings is 1. The summed E-state index contributed by atoms with van der Waals surface area (Å²) in [5.74, 6) is -0.771. The fourth-order valence-corrected chi connectivity index (χ4v) is 4.74. The zero-order valence-electron chi connectivity index (χ0n) is 17.7. The lowest BCUT2D eigenvalue weighted by Gasteiger charge is -2.57. The monoisotopic (exact) mass is 327 g/mol. The molecule has 4 nitrogen and oxygen atoms in total. The van der Waals surface area contributed by atoms with E-state index in [-0.39, 0.29) is 36.1 Å². The predicted molar refractivity (Wildman–Crippen MR) is 83.9 cm³/mol. The Morgan fingerprint density at radius 3 is 3.23 bits per heavy atom. The van der Waals surface area contributed by atoms with Crippen molar-refractivity contribution < 1.29 is 22.9 Å². The van der Waals surface area contributed by atoms with Crippen LogP contribution in [0.1, 0.15) is 38.6 Å². The van der Waals surface area contributed by atoms with E-state index in [1.807, 2.05) is 0 Å². The van der Waals surface area contributed by atoms with Gasteiger partial charge >= 0.3 is 0 Å². The van der Waals surface area contributed by atoms with Crippen LogP contribution in [0.4, 0.5) is 0 Å². The van der Waals surface area contributed by atoms with Gasteiger partial charge in [0, 0.05) is 31.7 Å². The summed E-state index contributed by atoms with van der Waals surface area (Å²) < 4.78 is 55.9. The third-order valence-electron chi connectivity index (χ3n) is 5.56. The molecule has 1 saturated carbocycles. The number of aromatic hydroxyl groups is 1. The van der Waals surface area contributed by atoms with Crippen LogP contribution in [0, 0.1) is 5.92 Å². The topological polar surface area (TPSA) is 49.8 Å². The van der Waals surface area contributed by atoms with Crippen molar-refractivity contribution in [3.63, 3.8) is 0 Å². The standard InChI is InChI=1S/C17H19NO3.ClH/c1-18-7-6-17-10-3-5-13(20)16(17)21-15-12(19)4-2-9(14(15)17)8-11(10)18;/h2,4,10-11,16,19H,3,5-8H2,1H3;1H/t10-,11+,16-,17-;/m0./s1/i1D3,6D2,7D;/t7?,10-,11+,16-,17-;. The SMILES string of the molecule is Cl.[2H]C1N(C([2H])([2H])[2H])[C@@H]2Cc3ccc(O)c4c3[C@]3([C@@H](O4)C(=O)CC[C@@H]23)C1([2H])[2H]. The van der Waals surface area contributed by atoms with E-state index in [0.29, 0.717) is 24.0 Å². The summed E-state index contributed by atoms with van der Waals surface area (Å²) in [7, 11) is 0. The molecule has 2 fully saturated rings. The molecular formula is C17H20ClNO3. The minimum absolute atomic E-state index is 0. The van der Waals surface area contributed by atoms with Gasteiger partial charge in [0.15, 0.2) is 23.4 Å². The van der Waals surface area contributed by atoms with Gasteiger partial charge in [0.25, 0.3) is 0 Å². The number of likely N-dealkylation sites (tertiary alicyclic amines) is 1. The molecule has 5 heteroatoms. The Labute approximate surface area is 144 Å². The molecule has 22 heavy (non-hydrogen) atoms. The molecule has 4 aliphatic rings. The number of rotatable bonds is 0. The van der Waals surface area contributed by atoms with Gasteiger partial charge in [0.1, 0.15) is 0 Å². The maximum absolute atomic E-state index is 12.7. The summed E-state index contributed by atoms with van der Waals surface area (Å²) in [6, 6.07) is 2.50. The minimum atomic E-state index is -2.63. The maximum atomic E-state index is 12.7. The molecule has 1 unspecified atom stereocenters. The zero-order valence-corrected chi connectivity index (χ0v) is 12.5. The van der Waals surface area contributed by atoms with Crippen molar-refractivity contribution in [2.75, 3.05) is 13.5 Å². The summed E-state index contributed by atoms with van der Waals surface area (Å²) in [6.45, 7) is -4.30. The van der Waals surface area contributed by atoms with Crippen molar-refractivity contribution in [1.82, 2.24) is 4.90 Å². The quantitative estimate of drug-likeness (QED) is 0.792. The molecule has 1 aromatic carbocycles. The first-order chi connectivity index (χ1) is 12.5. The van der Waals surface area contributed by atoms with Crippen LogP contribution >= 0.6 is 12.4 Å². The first-order valence-electron chi connectivity index (χ1n) is 10.4. The Hall–Kier alpha value is -1.26. The van der Waals surface area contributed by atoms with Crippen LogP contribution in [-0.2, 0) is 16.6 Å². The number of ketones is 1. The number of benzene rings is 1. The van der Waals surface area contributed by atoms with E-state index >= 15 is 0 Å². The average molecular weight is 328 g/mol. The second kappa shape index (κ2) is 4.39. The van der Waals surface area contributed by atoms with E-state index in [0.717, 1.165) is 4.90 Å². The van der Waals surface area contributed by atoms with Crippen LogP contribution in [0.25, 0.3) is 0 Å². The summed E-state index contributed by atoms with van der Waals surface area (Å²) in [5.41, 5.74) is -0.288. The van der Waals surface area contributed by atoms with Crippen molar-refractivity contribution in [3.8, 4) is 11.5 Å². The molecule has 0 radical (unpaired) electrons. The molecule has 2 heterocycles. The molecule has 2 aliphatic carbocycles. The van der Waals surface area contributed by atoms with Crippen LogP contribution in [0.3, 0.4) is 0 Å². The molecule has 1 aromatic rings. The van der Waals surface area contributed by atoms with Crippen molar-refractivity contribution >= 4 is 18.2 Å². The number of phenolic OH excluding ortho intramolecular Hbond substituents is 1. The second-order valence-corrected chi connectivity index (χ2v) is 6.38. The lowest BCUT2D eigenvalue weighted by molar-refractivity contribution is -0.138. The predicted octanol–water partition coefficient (Wildman–Crippen LogP) is 2.05. The molecule has 118 valence electrons. The van der Waals surface area contributed by atoms with E-state index in [1.165, 1.54) is 6.07 Å². The molecule has 1 N–H and O–H groups in total. The summed E-state index contributed by atoms with van der Waals surface area (Å²) >= 11 is 0. The minimum Gasteiger partial charge on any atom is -0.504 e. The van der Waals surface area contributed by atoms with Crippen molar-refractivity contribution in [2.45, 2.75) is 43.2 Å². The Balaban J connectivity index is 0.00000192. The van der Waals surface area contributed by atoms with Gasteiger partial charge in [-0.1, -0.05) is 6.07 Å². The normalized spacial score (nSPS) is 48.3. The smallest absolute Gasteiger partial charge is 0.174 e. The van der Waals surface area contributed by atoms with Gasteiger partial charge in [0.05, 0.1) is 0 Å². The fraction of sp³-hybridized carbons (Fsp3) is 0.588. The number of likely N-dealkylation sites (N-methyl/N-ethyl adjacent to an activating group) is 1. The molecule has 0 amide bonds. The van der Waals surface area contributed by atoms with Gasteiger partial charge in [-0.25, -0.2) is 0 Å². The van der Waals surface area contributed by atoms with E-state index in [1.54, 1.807) is 6.07 Å². The largest absolute Gasteiger partial charge is 0.504 e. The molecule has 5 atom stereocenters. The summed E-state index contributed by atoms with van der Waals surface area (Å²) in [4.78, 5) is 13.7. The summed E-state index contributed by atoms with van der Waals surface area (Å²) in [5, 5.41) is 10.3. The Kier molecular flexibility index (Phi) is 1.82. The van der Waals surface area contributed by atoms with Gasteiger partial charge in [-0.2, -0.15) is 0 Å². The Morgan fingerprint density at radius 1 is 1.55 bits per heavy atom. The van der Waals surface area contributed by atoms with Crippen molar-refractivity contribution in [1.29, 1.82) is 0 Å². The van der Waals surface area contributed by atoms with Crippen molar-refractivity contribution in [3.05, 3.63) is 23.3 Å². The number of hydrogen-bond acceptors (Lipinski definition) is 4. The van der Waals surface area contributed by atoms with E-state index in [4.69, 9.17) is 13.0 Å². The van der Waals surface area contributed by atoms with Crippen LogP contribution in [0.15, 0.2) is 12.1 Å². The van der Waals surface area contributed by atoms with Gasteiger partial charge in [-0.05, 0) is 50.3 Å². The highest BCUT2D eigenvalue weighted by Crippen LogP contribution is 2.62. The number of halogens is 1. The molecule has 2 bridgehead atoms. The number of phenols is 1. The third kappa shape index (κ3) is 1.41. The number of nitrogens with zero attached hydrogens (tertiary/aromatic N) is 1. The van der Waals surface area contributed by atoms with E-state index < -0.39 is 43.3 Å². The fourth-order valence-electron chi connectivity index (χ4n) is 4.74. The van der Waals surface area contributed by atoms with Crippen LogP contribution in [-0.4, -0.2) is 41.4 Å². The van der Waals surface area contributed by atoms with E-state index in [9.17, 15) is 9.90 Å². The highest BCUT2D eigenvalue weighted by Gasteiger charge is 2.65. The number of carbonyl (C=O) groups is 1. The highest BCUT2D eigenvalue weighted by molar-refractivity contribution is 5.89. The number of hydrogen-bond donors (Lipinski definition) is 1. The van der Waals surface area contributed by atoms with Crippen LogP contribution < -0.4 is 4.74 Å².